The second kappa shape index (κ2) is 36.2. The molecule has 6 unspecified atom stereocenters. The number of esters is 2. The van der Waals surface area contributed by atoms with Gasteiger partial charge >= 0.3 is 11.9 Å². The van der Waals surface area contributed by atoms with Crippen LogP contribution in [0.25, 0.3) is 11.1 Å². The summed E-state index contributed by atoms with van der Waals surface area (Å²) in [7, 11) is 4.35. The molecule has 0 radical (unpaired) electrons. The zero-order valence-corrected chi connectivity index (χ0v) is 56.3. The Labute approximate surface area is 551 Å². The monoisotopic (exact) mass is 1380 g/mol. The van der Waals surface area contributed by atoms with E-state index in [1.54, 1.807) is 0 Å². The highest BCUT2D eigenvalue weighted by atomic mass is 127. The van der Waals surface area contributed by atoms with E-state index in [2.05, 4.69) is 81.9 Å². The number of halogens is 2. The number of hydrogen-bond acceptors (Lipinski definition) is 17. The lowest BCUT2D eigenvalue weighted by atomic mass is 9.92. The van der Waals surface area contributed by atoms with Crippen molar-refractivity contribution >= 4 is 64.1 Å². The smallest absolute Gasteiger partial charge is 0.313 e. The van der Waals surface area contributed by atoms with Crippen LogP contribution in [0.15, 0.2) is 103 Å². The fourth-order valence-electron chi connectivity index (χ4n) is 12.0. The Hall–Kier alpha value is -4.91. The minimum Gasteiger partial charge on any atom is -1.00 e. The molecule has 2 aromatic heterocycles. The predicted molar refractivity (Wildman–Crippen MR) is 336 cm³/mol. The maximum absolute atomic E-state index is 13.2. The average molecular weight is 1380 g/mol. The number of aliphatic carboxylic acids is 1. The van der Waals surface area contributed by atoms with Gasteiger partial charge in [0.25, 0.3) is 24.2 Å². The number of alkyl halides is 1. The number of likely N-dealkylation sites (N-methyl/N-ethyl adjacent to an activating group) is 2. The Balaban J connectivity index is 0.000000198. The first kappa shape index (κ1) is 70.5. The molecule has 480 valence electrons. The van der Waals surface area contributed by atoms with E-state index in [4.69, 9.17) is 44.8 Å². The van der Waals surface area contributed by atoms with Gasteiger partial charge in [0.05, 0.1) is 86.8 Å². The molecule has 10 rings (SSSR count). The summed E-state index contributed by atoms with van der Waals surface area (Å²) < 4.78 is 60.3. The molecule has 17 nitrogen and oxygen atoms in total. The quantitative estimate of drug-likeness (QED) is 0.0177. The molecule has 5 aromatic rings. The molecule has 5 aliphatic heterocycles. The molecular formula is C67H90ClIN6O11S2. The Morgan fingerprint density at radius 3 is 1.44 bits per heavy atom. The van der Waals surface area contributed by atoms with Crippen LogP contribution in [0.2, 0.25) is 0 Å². The van der Waals surface area contributed by atoms with E-state index in [9.17, 15) is 19.5 Å². The minimum atomic E-state index is -1.04. The fraction of sp³-hybridized carbons (Fsp3) is 0.567. The lowest BCUT2D eigenvalue weighted by Gasteiger charge is -2.43. The van der Waals surface area contributed by atoms with E-state index in [1.807, 2.05) is 66.7 Å². The number of hydrogen-bond donors (Lipinski definition) is 0. The summed E-state index contributed by atoms with van der Waals surface area (Å²) in [5.74, 6) is -0.735. The van der Waals surface area contributed by atoms with Crippen molar-refractivity contribution in [3.05, 3.63) is 131 Å². The standard InChI is InChI=1S/2C27H38N3O4S.C13H15ClO3.HI/c2*1-3-4-5-9-17-33-25-24(28-35-29-25)23-13-10-16-30(2,20-23)26(21-11-7-6-8-12-21)34-27(31)22-14-18-32-19-15-22;14-13(8-10-4-2-1-3-5-10)9-11(12(15)16)6-7-17-13;/h2*6-8,11-13,22,26H,3-5,9-10,14-20H2,1-2H3;1-5,11H,6-9H2,(H,15,16);1H/q2*+1;;/p-2. The molecule has 7 heterocycles. The molecule has 3 saturated heterocycles. The number of rotatable bonds is 25. The number of quaternary nitrogens is 2. The van der Waals surface area contributed by atoms with Gasteiger partial charge in [-0.3, -0.25) is 18.6 Å². The maximum atomic E-state index is 13.2. The number of carboxylic acids is 1. The number of carbonyl (C=O) groups excluding carboxylic acids is 3. The second-order valence-corrected chi connectivity index (χ2v) is 25.7. The van der Waals surface area contributed by atoms with E-state index in [1.165, 1.54) is 49.1 Å². The van der Waals surface area contributed by atoms with Gasteiger partial charge in [-0.05, 0) is 81.2 Å². The third-order valence-corrected chi connectivity index (χ3v) is 18.4. The summed E-state index contributed by atoms with van der Waals surface area (Å²) in [6.07, 6.45) is 18.8. The SMILES string of the molecule is CCCCCCOc1nsnc1C1=CCC[N+](C)(C(OC(=O)C2CCOCC2)c2ccccc2)C1.CCCCCCOc1nsnc1C1=CCC[N+](C)(C(OC(=O)C2CCOCC2)c2ccccc2)C1.O=C([O-])C1CCOC(Cl)(Cc2ccccc2)C1.[I-]. The summed E-state index contributed by atoms with van der Waals surface area (Å²) in [4.78, 5) is 37.2. The maximum Gasteiger partial charge on any atom is 0.313 e. The molecule has 0 spiro atoms. The highest BCUT2D eigenvalue weighted by Gasteiger charge is 2.44. The van der Waals surface area contributed by atoms with Crippen LogP contribution in [0, 0.1) is 17.8 Å². The zero-order valence-electron chi connectivity index (χ0n) is 51.7. The van der Waals surface area contributed by atoms with Gasteiger partial charge in [0.2, 0.25) is 0 Å². The number of ether oxygens (including phenoxy) is 7. The van der Waals surface area contributed by atoms with Crippen molar-refractivity contribution in [2.45, 2.75) is 141 Å². The highest BCUT2D eigenvalue weighted by molar-refractivity contribution is 6.99. The van der Waals surface area contributed by atoms with Crippen LogP contribution in [-0.4, -0.2) is 136 Å². The molecule has 21 heteroatoms. The topological polar surface area (TPSA) is 190 Å². The van der Waals surface area contributed by atoms with Gasteiger partial charge in [-0.1, -0.05) is 143 Å². The van der Waals surface area contributed by atoms with E-state index in [-0.39, 0.29) is 60.2 Å². The normalized spacial score (nSPS) is 22.9. The van der Waals surface area contributed by atoms with Crippen LogP contribution in [0.3, 0.4) is 0 Å². The molecule has 6 atom stereocenters. The first-order valence-electron chi connectivity index (χ1n) is 31.5. The van der Waals surface area contributed by atoms with Crippen LogP contribution < -0.4 is 38.6 Å². The van der Waals surface area contributed by atoms with Crippen molar-refractivity contribution in [3.8, 4) is 11.8 Å². The van der Waals surface area contributed by atoms with Crippen molar-refractivity contribution in [1.82, 2.24) is 17.5 Å². The highest BCUT2D eigenvalue weighted by Crippen LogP contribution is 2.41. The van der Waals surface area contributed by atoms with Crippen LogP contribution in [-0.2, 0) is 44.5 Å². The molecular weight excluding hydrogens is 1290 g/mol. The lowest BCUT2D eigenvalue weighted by Crippen LogP contribution is -3.00. The molecule has 0 saturated carbocycles. The van der Waals surface area contributed by atoms with Crippen LogP contribution in [0.4, 0.5) is 0 Å². The number of aromatic nitrogens is 4. The molecule has 3 fully saturated rings. The lowest BCUT2D eigenvalue weighted by molar-refractivity contribution is -0.953. The predicted octanol–water partition coefficient (Wildman–Crippen LogP) is 9.14. The molecule has 0 N–H and O–H groups in total. The summed E-state index contributed by atoms with van der Waals surface area (Å²) in [5.41, 5.74) is 6.95. The number of carbonyl (C=O) groups is 3. The first-order chi connectivity index (χ1) is 42.3. The fourth-order valence-corrected chi connectivity index (χ4v) is 13.5. The molecule has 0 amide bonds. The summed E-state index contributed by atoms with van der Waals surface area (Å²) in [6, 6.07) is 29.9. The number of unbranched alkanes of at least 4 members (excludes halogenated alkanes) is 6. The van der Waals surface area contributed by atoms with Crippen molar-refractivity contribution in [2.24, 2.45) is 17.8 Å². The van der Waals surface area contributed by atoms with Gasteiger partial charge in [-0.15, -0.1) is 8.75 Å². The van der Waals surface area contributed by atoms with Crippen molar-refractivity contribution in [2.75, 3.05) is 86.5 Å². The van der Waals surface area contributed by atoms with Crippen molar-refractivity contribution < 1.29 is 85.6 Å². The van der Waals surface area contributed by atoms with Crippen LogP contribution in [0.1, 0.15) is 157 Å². The molecule has 0 aliphatic carbocycles. The number of carboxylic acid groups (broad SMARTS) is 1. The Morgan fingerprint density at radius 2 is 1.02 bits per heavy atom. The summed E-state index contributed by atoms with van der Waals surface area (Å²) in [6.45, 7) is 11.7. The van der Waals surface area contributed by atoms with Gasteiger partial charge in [0.1, 0.15) is 29.5 Å². The Bertz CT molecular complexity index is 2790. The molecule has 0 bridgehead atoms. The molecule has 3 aromatic carbocycles. The number of nitrogens with zero attached hydrogens (tertiary/aromatic N) is 6. The van der Waals surface area contributed by atoms with E-state index in [0.29, 0.717) is 99.3 Å². The minimum absolute atomic E-state index is 0. The van der Waals surface area contributed by atoms with Gasteiger partial charge < -0.3 is 67.0 Å². The van der Waals surface area contributed by atoms with Crippen LogP contribution in [0.5, 0.6) is 11.8 Å². The average Bonchev–Trinajstić information content (AvgIpc) is 1.83. The second-order valence-electron chi connectivity index (χ2n) is 24.0. The largest absolute Gasteiger partial charge is 1.00 e. The van der Waals surface area contributed by atoms with E-state index < -0.39 is 16.9 Å². The zero-order chi connectivity index (χ0) is 61.3. The van der Waals surface area contributed by atoms with Gasteiger partial charge in [-0.2, -0.15) is 8.75 Å². The van der Waals surface area contributed by atoms with E-state index >= 15 is 0 Å². The van der Waals surface area contributed by atoms with Crippen molar-refractivity contribution in [1.29, 1.82) is 0 Å². The third kappa shape index (κ3) is 20.8. The molecule has 5 aliphatic rings. The Kier molecular flexibility index (Phi) is 29.0. The van der Waals surface area contributed by atoms with E-state index in [0.717, 1.165) is 117 Å². The molecule has 88 heavy (non-hydrogen) atoms. The Morgan fingerprint density at radius 1 is 0.602 bits per heavy atom. The van der Waals surface area contributed by atoms with Crippen molar-refractivity contribution in [3.63, 3.8) is 0 Å². The van der Waals surface area contributed by atoms with Gasteiger partial charge in [0, 0.05) is 75.3 Å². The number of benzene rings is 3. The first-order valence-corrected chi connectivity index (χ1v) is 33.4. The summed E-state index contributed by atoms with van der Waals surface area (Å²) in [5, 5.41) is 9.96. The van der Waals surface area contributed by atoms with Crippen LogP contribution >= 0.6 is 35.1 Å². The van der Waals surface area contributed by atoms with Gasteiger partial charge in [-0.25, -0.2) is 0 Å². The third-order valence-electron chi connectivity index (χ3n) is 17.0. The summed E-state index contributed by atoms with van der Waals surface area (Å²) >= 11 is 8.72. The van der Waals surface area contributed by atoms with Gasteiger partial charge in [0.15, 0.2) is 0 Å².